The first-order chi connectivity index (χ1) is 21.5. The Hall–Kier alpha value is -5.01. The fourth-order valence-corrected chi connectivity index (χ4v) is 6.71. The van der Waals surface area contributed by atoms with Crippen molar-refractivity contribution in [3.63, 3.8) is 0 Å². The number of nitrogens with zero attached hydrogens (tertiary/aromatic N) is 2. The molecule has 0 radical (unpaired) electrons. The predicted molar refractivity (Wildman–Crippen MR) is 175 cm³/mol. The van der Waals surface area contributed by atoms with Gasteiger partial charge in [0.1, 0.15) is 12.4 Å². The standard InChI is InChI=1S/C37H32N2O4S/c1-4-12-27-21-24(19-20-31(27)43-23-28-17-11-16-25-13-9-10-18-29(25)28)22-32-35(40)39-34(26-14-7-6-8-15-26)33(36(41)42-3)30(5-2)38-37(39)44-32/h4,6-11,13-22,34H,1,5,12,23H2,2-3H3/b32-22-/t34-/m1/s1. The summed E-state index contributed by atoms with van der Waals surface area (Å²) in [6.07, 6.45) is 4.87. The Bertz CT molecular complexity index is 2080. The molecule has 0 fully saturated rings. The predicted octanol–water partition coefficient (Wildman–Crippen LogP) is 6.26. The van der Waals surface area contributed by atoms with Crippen LogP contribution in [0.4, 0.5) is 0 Å². The van der Waals surface area contributed by atoms with Gasteiger partial charge in [0, 0.05) is 0 Å². The maximum Gasteiger partial charge on any atom is 0.338 e. The second kappa shape index (κ2) is 12.7. The molecule has 1 aliphatic heterocycles. The Morgan fingerprint density at radius 1 is 1.00 bits per heavy atom. The van der Waals surface area contributed by atoms with E-state index >= 15 is 0 Å². The van der Waals surface area contributed by atoms with E-state index in [0.717, 1.165) is 28.0 Å². The first-order valence-corrected chi connectivity index (χ1v) is 15.3. The van der Waals surface area contributed by atoms with Gasteiger partial charge < -0.3 is 9.47 Å². The van der Waals surface area contributed by atoms with Crippen LogP contribution in [0.1, 0.15) is 41.6 Å². The molecule has 1 aromatic heterocycles. The van der Waals surface area contributed by atoms with Gasteiger partial charge in [0.05, 0.1) is 29.0 Å². The number of methoxy groups -OCH3 is 1. The van der Waals surface area contributed by atoms with Crippen LogP contribution in [0.3, 0.4) is 0 Å². The van der Waals surface area contributed by atoms with E-state index < -0.39 is 12.0 Å². The van der Waals surface area contributed by atoms with E-state index in [-0.39, 0.29) is 5.56 Å². The Morgan fingerprint density at radius 2 is 1.77 bits per heavy atom. The van der Waals surface area contributed by atoms with Crippen molar-refractivity contribution in [2.45, 2.75) is 32.4 Å². The lowest BCUT2D eigenvalue weighted by Crippen LogP contribution is -2.40. The van der Waals surface area contributed by atoms with Crippen LogP contribution in [0, 0.1) is 0 Å². The smallest absolute Gasteiger partial charge is 0.338 e. The summed E-state index contributed by atoms with van der Waals surface area (Å²) in [6.45, 7) is 6.32. The van der Waals surface area contributed by atoms with Gasteiger partial charge in [-0.05, 0) is 64.1 Å². The summed E-state index contributed by atoms with van der Waals surface area (Å²) in [6, 6.07) is 29.4. The largest absolute Gasteiger partial charge is 0.489 e. The van der Waals surface area contributed by atoms with E-state index in [9.17, 15) is 9.59 Å². The zero-order valence-electron chi connectivity index (χ0n) is 24.7. The van der Waals surface area contributed by atoms with Crippen LogP contribution in [-0.2, 0) is 22.6 Å². The number of hydrogen-bond donors (Lipinski definition) is 0. The highest BCUT2D eigenvalue weighted by molar-refractivity contribution is 7.07. The van der Waals surface area contributed by atoms with Crippen LogP contribution in [0.2, 0.25) is 0 Å². The fourth-order valence-electron chi connectivity index (χ4n) is 5.69. The molecule has 0 amide bonds. The van der Waals surface area contributed by atoms with Crippen LogP contribution < -0.4 is 19.6 Å². The molecule has 44 heavy (non-hydrogen) atoms. The topological polar surface area (TPSA) is 69.9 Å². The first-order valence-electron chi connectivity index (χ1n) is 14.5. The number of carbonyl (C=O) groups is 1. The van der Waals surface area contributed by atoms with E-state index in [1.807, 2.05) is 85.8 Å². The third-order valence-corrected chi connectivity index (χ3v) is 8.76. The number of hydrogen-bond acceptors (Lipinski definition) is 6. The van der Waals surface area contributed by atoms with Crippen molar-refractivity contribution < 1.29 is 14.3 Å². The Morgan fingerprint density at radius 3 is 2.55 bits per heavy atom. The van der Waals surface area contributed by atoms with Gasteiger partial charge in [-0.2, -0.15) is 0 Å². The number of carbonyl (C=O) groups excluding carboxylic acids is 1. The molecule has 0 aliphatic carbocycles. The summed E-state index contributed by atoms with van der Waals surface area (Å²) < 4.78 is 13.6. The highest BCUT2D eigenvalue weighted by Crippen LogP contribution is 2.32. The van der Waals surface area contributed by atoms with Crippen LogP contribution in [0.5, 0.6) is 5.75 Å². The molecule has 0 saturated carbocycles. The molecule has 0 bridgehead atoms. The molecule has 6 rings (SSSR count). The summed E-state index contributed by atoms with van der Waals surface area (Å²) >= 11 is 1.32. The SMILES string of the molecule is C=CCc1cc(/C=c2\sc3n(c2=O)[C@H](c2ccccc2)C(C(=O)OC)=C(CC)N=3)ccc1OCc1cccc2ccccc12. The normalized spacial score (nSPS) is 14.7. The van der Waals surface area contributed by atoms with Gasteiger partial charge >= 0.3 is 5.97 Å². The van der Waals surface area contributed by atoms with Gasteiger partial charge in [-0.15, -0.1) is 6.58 Å². The van der Waals surface area contributed by atoms with E-state index in [1.54, 1.807) is 4.57 Å². The number of fused-ring (bicyclic) bond motifs is 2. The van der Waals surface area contributed by atoms with Crippen LogP contribution in [0.15, 0.2) is 125 Å². The van der Waals surface area contributed by atoms with Gasteiger partial charge in [0.2, 0.25) is 0 Å². The zero-order chi connectivity index (χ0) is 30.6. The van der Waals surface area contributed by atoms with E-state index in [0.29, 0.717) is 40.1 Å². The maximum absolute atomic E-state index is 14.0. The van der Waals surface area contributed by atoms with Crippen molar-refractivity contribution in [3.8, 4) is 5.75 Å². The second-order valence-electron chi connectivity index (χ2n) is 10.5. The van der Waals surface area contributed by atoms with Crippen molar-refractivity contribution in [2.24, 2.45) is 4.99 Å². The van der Waals surface area contributed by atoms with Crippen molar-refractivity contribution >= 4 is 34.2 Å². The summed E-state index contributed by atoms with van der Waals surface area (Å²) in [7, 11) is 1.35. The molecule has 1 aliphatic rings. The average molecular weight is 601 g/mol. The van der Waals surface area contributed by atoms with E-state index in [2.05, 4.69) is 30.8 Å². The number of thiazole rings is 1. The van der Waals surface area contributed by atoms with Gasteiger partial charge in [0.25, 0.3) is 5.56 Å². The summed E-state index contributed by atoms with van der Waals surface area (Å²) in [5, 5.41) is 2.35. The van der Waals surface area contributed by atoms with Crippen molar-refractivity contribution in [3.05, 3.63) is 157 Å². The van der Waals surface area contributed by atoms with Gasteiger partial charge in [-0.1, -0.05) is 103 Å². The lowest BCUT2D eigenvalue weighted by Gasteiger charge is -2.25. The number of rotatable bonds is 9. The molecular weight excluding hydrogens is 568 g/mol. The lowest BCUT2D eigenvalue weighted by atomic mass is 9.95. The maximum atomic E-state index is 14.0. The zero-order valence-corrected chi connectivity index (χ0v) is 25.5. The molecule has 5 aromatic rings. The highest BCUT2D eigenvalue weighted by atomic mass is 32.1. The molecule has 0 unspecified atom stereocenters. The van der Waals surface area contributed by atoms with Crippen LogP contribution in [0.25, 0.3) is 16.8 Å². The van der Waals surface area contributed by atoms with E-state index in [4.69, 9.17) is 14.5 Å². The Balaban J connectivity index is 1.39. The van der Waals surface area contributed by atoms with E-state index in [1.165, 1.54) is 29.2 Å². The molecule has 0 spiro atoms. The van der Waals surface area contributed by atoms with Crippen molar-refractivity contribution in [1.82, 2.24) is 4.57 Å². The summed E-state index contributed by atoms with van der Waals surface area (Å²) in [5.41, 5.74) is 4.58. The lowest BCUT2D eigenvalue weighted by molar-refractivity contribution is -0.136. The molecule has 1 atom stereocenters. The molecule has 0 saturated heterocycles. The minimum atomic E-state index is -0.627. The quantitative estimate of drug-likeness (QED) is 0.148. The van der Waals surface area contributed by atoms with Crippen LogP contribution >= 0.6 is 11.3 Å². The second-order valence-corrected chi connectivity index (χ2v) is 11.5. The third kappa shape index (κ3) is 5.54. The summed E-state index contributed by atoms with van der Waals surface area (Å²) in [4.78, 5) is 32.3. The molecular formula is C37H32N2O4S. The Labute approximate surface area is 259 Å². The first kappa shape index (κ1) is 29.1. The molecule has 4 aromatic carbocycles. The Kier molecular flexibility index (Phi) is 8.39. The molecule has 0 N–H and O–H groups in total. The van der Waals surface area contributed by atoms with Gasteiger partial charge in [-0.3, -0.25) is 9.36 Å². The number of ether oxygens (including phenoxy) is 2. The average Bonchev–Trinajstić information content (AvgIpc) is 3.37. The highest BCUT2D eigenvalue weighted by Gasteiger charge is 2.33. The molecule has 7 heteroatoms. The number of esters is 1. The number of allylic oxidation sites excluding steroid dienone is 2. The van der Waals surface area contributed by atoms with Gasteiger partial charge in [0.15, 0.2) is 4.80 Å². The minimum absolute atomic E-state index is 0.208. The summed E-state index contributed by atoms with van der Waals surface area (Å²) in [5.74, 6) is 0.290. The monoisotopic (exact) mass is 600 g/mol. The van der Waals surface area contributed by atoms with Crippen LogP contribution in [-0.4, -0.2) is 17.6 Å². The fraction of sp³-hybridized carbons (Fsp3) is 0.162. The minimum Gasteiger partial charge on any atom is -0.489 e. The van der Waals surface area contributed by atoms with Crippen molar-refractivity contribution in [1.29, 1.82) is 0 Å². The number of aromatic nitrogens is 1. The third-order valence-electron chi connectivity index (χ3n) is 7.78. The van der Waals surface area contributed by atoms with Crippen molar-refractivity contribution in [2.75, 3.05) is 7.11 Å². The molecule has 220 valence electrons. The molecule has 6 nitrogen and oxygen atoms in total. The molecule has 2 heterocycles. The number of benzene rings is 4. The van der Waals surface area contributed by atoms with Gasteiger partial charge in [-0.25, -0.2) is 9.79 Å².